The summed E-state index contributed by atoms with van der Waals surface area (Å²) in [6.07, 6.45) is 0.215. The average molecular weight is 221 g/mol. The summed E-state index contributed by atoms with van der Waals surface area (Å²) in [5, 5.41) is 3.49. The summed E-state index contributed by atoms with van der Waals surface area (Å²) in [5.41, 5.74) is 1.23. The van der Waals surface area contributed by atoms with Gasteiger partial charge in [-0.3, -0.25) is 0 Å². The predicted molar refractivity (Wildman–Crippen MR) is 68.9 cm³/mol. The van der Waals surface area contributed by atoms with Crippen molar-refractivity contribution < 1.29 is 4.74 Å². The van der Waals surface area contributed by atoms with Crippen molar-refractivity contribution in [2.75, 3.05) is 0 Å². The lowest BCUT2D eigenvalue weighted by molar-refractivity contribution is 0.237. The molecule has 2 nitrogen and oxygen atoms in total. The van der Waals surface area contributed by atoms with Gasteiger partial charge in [-0.05, 0) is 26.8 Å². The first-order valence-electron chi connectivity index (χ1n) is 6.02. The van der Waals surface area contributed by atoms with E-state index in [0.717, 1.165) is 5.75 Å². The summed E-state index contributed by atoms with van der Waals surface area (Å²) in [4.78, 5) is 0. The summed E-state index contributed by atoms with van der Waals surface area (Å²) in [7, 11) is 0. The van der Waals surface area contributed by atoms with E-state index in [1.165, 1.54) is 5.56 Å². The summed E-state index contributed by atoms with van der Waals surface area (Å²) in [6, 6.07) is 9.02. The van der Waals surface area contributed by atoms with E-state index in [1.807, 2.05) is 12.1 Å². The maximum absolute atomic E-state index is 5.81. The predicted octanol–water partition coefficient (Wildman–Crippen LogP) is 3.53. The SMILES string of the molecule is CC(C)N[C@H](C)c1ccccc1OC(C)C. The first-order chi connectivity index (χ1) is 7.50. The van der Waals surface area contributed by atoms with Crippen LogP contribution < -0.4 is 10.1 Å². The summed E-state index contributed by atoms with van der Waals surface area (Å²) >= 11 is 0. The van der Waals surface area contributed by atoms with Gasteiger partial charge in [0.15, 0.2) is 0 Å². The Morgan fingerprint density at radius 3 is 2.19 bits per heavy atom. The van der Waals surface area contributed by atoms with Crippen LogP contribution in [0, 0.1) is 0 Å². The molecular weight excluding hydrogens is 198 g/mol. The van der Waals surface area contributed by atoms with E-state index in [1.54, 1.807) is 0 Å². The zero-order valence-corrected chi connectivity index (χ0v) is 10.9. The van der Waals surface area contributed by atoms with Gasteiger partial charge in [0.25, 0.3) is 0 Å². The van der Waals surface area contributed by atoms with Crippen molar-refractivity contribution in [3.05, 3.63) is 29.8 Å². The van der Waals surface area contributed by atoms with Crippen molar-refractivity contribution in [1.82, 2.24) is 5.32 Å². The molecule has 0 amide bonds. The van der Waals surface area contributed by atoms with Crippen LogP contribution in [-0.2, 0) is 0 Å². The fourth-order valence-corrected chi connectivity index (χ4v) is 1.79. The number of hydrogen-bond acceptors (Lipinski definition) is 2. The molecule has 0 aliphatic carbocycles. The number of para-hydroxylation sites is 1. The molecule has 0 aliphatic rings. The molecule has 16 heavy (non-hydrogen) atoms. The van der Waals surface area contributed by atoms with Gasteiger partial charge in [-0.2, -0.15) is 0 Å². The van der Waals surface area contributed by atoms with Crippen LogP contribution in [-0.4, -0.2) is 12.1 Å². The molecule has 90 valence electrons. The highest BCUT2D eigenvalue weighted by atomic mass is 16.5. The largest absolute Gasteiger partial charge is 0.491 e. The second-order valence-electron chi connectivity index (χ2n) is 4.75. The van der Waals surface area contributed by atoms with E-state index in [9.17, 15) is 0 Å². The van der Waals surface area contributed by atoms with Crippen LogP contribution in [0.25, 0.3) is 0 Å². The second-order valence-corrected chi connectivity index (χ2v) is 4.75. The normalized spacial score (nSPS) is 13.2. The molecule has 1 aromatic carbocycles. The Labute approximate surface area is 99.0 Å². The molecule has 0 spiro atoms. The summed E-state index contributed by atoms with van der Waals surface area (Å²) < 4.78 is 5.81. The van der Waals surface area contributed by atoms with Crippen molar-refractivity contribution in [2.45, 2.75) is 52.8 Å². The Morgan fingerprint density at radius 2 is 1.62 bits per heavy atom. The number of hydrogen-bond donors (Lipinski definition) is 1. The Bertz CT molecular complexity index is 320. The number of nitrogens with one attached hydrogen (secondary N) is 1. The van der Waals surface area contributed by atoms with E-state index in [4.69, 9.17) is 4.74 Å². The molecule has 0 heterocycles. The summed E-state index contributed by atoms with van der Waals surface area (Å²) in [5.74, 6) is 0.984. The minimum absolute atomic E-state index is 0.215. The molecule has 0 unspecified atom stereocenters. The van der Waals surface area contributed by atoms with Gasteiger partial charge in [0.2, 0.25) is 0 Å². The highest BCUT2D eigenvalue weighted by Gasteiger charge is 2.12. The number of benzene rings is 1. The molecule has 1 rings (SSSR count). The lowest BCUT2D eigenvalue weighted by Crippen LogP contribution is -2.26. The van der Waals surface area contributed by atoms with Crippen LogP contribution in [0.4, 0.5) is 0 Å². The standard InChI is InChI=1S/C14H23NO/c1-10(2)15-12(5)13-8-6-7-9-14(13)16-11(3)4/h6-12,15H,1-5H3/t12-/m1/s1. The molecule has 1 N–H and O–H groups in total. The van der Waals surface area contributed by atoms with Crippen LogP contribution in [0.1, 0.15) is 46.2 Å². The van der Waals surface area contributed by atoms with Gasteiger partial charge >= 0.3 is 0 Å². The zero-order chi connectivity index (χ0) is 12.1. The molecule has 0 bridgehead atoms. The van der Waals surface area contributed by atoms with Gasteiger partial charge in [0, 0.05) is 17.6 Å². The lowest BCUT2D eigenvalue weighted by atomic mass is 10.1. The van der Waals surface area contributed by atoms with E-state index < -0.39 is 0 Å². The molecule has 0 aliphatic heterocycles. The van der Waals surface area contributed by atoms with Crippen molar-refractivity contribution in [3.63, 3.8) is 0 Å². The minimum Gasteiger partial charge on any atom is -0.491 e. The molecule has 0 fully saturated rings. The monoisotopic (exact) mass is 221 g/mol. The van der Waals surface area contributed by atoms with Gasteiger partial charge in [-0.25, -0.2) is 0 Å². The van der Waals surface area contributed by atoms with Crippen LogP contribution in [0.5, 0.6) is 5.75 Å². The van der Waals surface area contributed by atoms with E-state index in [2.05, 4.69) is 52.1 Å². The first-order valence-corrected chi connectivity index (χ1v) is 6.02. The Morgan fingerprint density at radius 1 is 1.00 bits per heavy atom. The maximum atomic E-state index is 5.81. The molecule has 1 atom stereocenters. The van der Waals surface area contributed by atoms with Gasteiger partial charge in [-0.15, -0.1) is 0 Å². The highest BCUT2D eigenvalue weighted by Crippen LogP contribution is 2.25. The molecular formula is C14H23NO. The van der Waals surface area contributed by atoms with Crippen molar-refractivity contribution >= 4 is 0 Å². The van der Waals surface area contributed by atoms with Crippen molar-refractivity contribution in [2.24, 2.45) is 0 Å². The fourth-order valence-electron chi connectivity index (χ4n) is 1.79. The van der Waals surface area contributed by atoms with Gasteiger partial charge in [0.05, 0.1) is 6.10 Å². The third kappa shape index (κ3) is 3.86. The van der Waals surface area contributed by atoms with Gasteiger partial charge < -0.3 is 10.1 Å². The van der Waals surface area contributed by atoms with Crippen molar-refractivity contribution in [1.29, 1.82) is 0 Å². The Kier molecular flexibility index (Phi) is 4.81. The Balaban J connectivity index is 2.85. The molecule has 0 aromatic heterocycles. The number of ether oxygens (including phenoxy) is 1. The van der Waals surface area contributed by atoms with E-state index in [0.29, 0.717) is 12.1 Å². The first kappa shape index (κ1) is 13.0. The average Bonchev–Trinajstić information content (AvgIpc) is 2.16. The maximum Gasteiger partial charge on any atom is 0.124 e. The molecule has 0 saturated heterocycles. The molecule has 0 saturated carbocycles. The van der Waals surface area contributed by atoms with Crippen LogP contribution in [0.2, 0.25) is 0 Å². The van der Waals surface area contributed by atoms with Gasteiger partial charge in [0.1, 0.15) is 5.75 Å². The summed E-state index contributed by atoms with van der Waals surface area (Å²) in [6.45, 7) is 10.6. The fraction of sp³-hybridized carbons (Fsp3) is 0.571. The lowest BCUT2D eigenvalue weighted by Gasteiger charge is -2.21. The third-order valence-corrected chi connectivity index (χ3v) is 2.33. The smallest absolute Gasteiger partial charge is 0.124 e. The molecule has 0 radical (unpaired) electrons. The second kappa shape index (κ2) is 5.90. The number of rotatable bonds is 5. The molecule has 2 heteroatoms. The van der Waals surface area contributed by atoms with Crippen LogP contribution in [0.3, 0.4) is 0 Å². The van der Waals surface area contributed by atoms with Crippen LogP contribution >= 0.6 is 0 Å². The zero-order valence-electron chi connectivity index (χ0n) is 10.9. The van der Waals surface area contributed by atoms with Crippen LogP contribution in [0.15, 0.2) is 24.3 Å². The van der Waals surface area contributed by atoms with Crippen molar-refractivity contribution in [3.8, 4) is 5.75 Å². The minimum atomic E-state index is 0.215. The van der Waals surface area contributed by atoms with Gasteiger partial charge in [-0.1, -0.05) is 32.0 Å². The molecule has 1 aromatic rings. The highest BCUT2D eigenvalue weighted by molar-refractivity contribution is 5.35. The third-order valence-electron chi connectivity index (χ3n) is 2.33. The van der Waals surface area contributed by atoms with E-state index in [-0.39, 0.29) is 6.10 Å². The topological polar surface area (TPSA) is 21.3 Å². The van der Waals surface area contributed by atoms with E-state index >= 15 is 0 Å². The Hall–Kier alpha value is -1.02. The quantitative estimate of drug-likeness (QED) is 0.821.